The number of carbonyl (C=O) groups is 1. The van der Waals surface area contributed by atoms with Gasteiger partial charge in [-0.25, -0.2) is 9.97 Å². The molecule has 0 aliphatic heterocycles. The second-order valence-corrected chi connectivity index (χ2v) is 8.00. The number of aromatic nitrogens is 2. The summed E-state index contributed by atoms with van der Waals surface area (Å²) in [6.07, 6.45) is 3.05. The lowest BCUT2D eigenvalue weighted by Crippen LogP contribution is -2.14. The monoisotopic (exact) mass is 374 g/mol. The summed E-state index contributed by atoms with van der Waals surface area (Å²) in [7, 11) is 0. The van der Waals surface area contributed by atoms with Crippen LogP contribution in [0.1, 0.15) is 47.8 Å². The molecule has 5 heteroatoms. The summed E-state index contributed by atoms with van der Waals surface area (Å²) in [6, 6.07) is 14.0. The Morgan fingerprint density at radius 3 is 2.04 bits per heavy atom. The van der Waals surface area contributed by atoms with Crippen LogP contribution in [0, 0.1) is 13.8 Å². The van der Waals surface area contributed by atoms with Crippen molar-refractivity contribution in [3.8, 4) is 0 Å². The fourth-order valence-electron chi connectivity index (χ4n) is 2.71. The largest absolute Gasteiger partial charge is 0.324 e. The van der Waals surface area contributed by atoms with E-state index in [4.69, 9.17) is 0 Å². The Morgan fingerprint density at radius 2 is 1.46 bits per heavy atom. The topological polar surface area (TPSA) is 66.9 Å². The third-order valence-electron chi connectivity index (χ3n) is 4.69. The molecule has 3 aromatic rings. The smallest absolute Gasteiger partial charge is 0.258 e. The van der Waals surface area contributed by atoms with Crippen LogP contribution in [0.4, 0.5) is 17.3 Å². The van der Waals surface area contributed by atoms with E-state index < -0.39 is 0 Å². The standard InChI is InChI=1S/C23H26N4O/c1-15-6-9-20(12-16(15)2)27-22-24-13-17(14-25-22)21(28)26-19-10-7-18(8-11-19)23(3,4)5/h6-14H,1-5H3,(H,26,28)(H,24,25,27). The van der Waals surface area contributed by atoms with E-state index in [1.165, 1.54) is 29.1 Å². The predicted molar refractivity (Wildman–Crippen MR) is 114 cm³/mol. The lowest BCUT2D eigenvalue weighted by molar-refractivity contribution is 0.102. The van der Waals surface area contributed by atoms with Crippen molar-refractivity contribution in [2.45, 2.75) is 40.0 Å². The van der Waals surface area contributed by atoms with Crippen molar-refractivity contribution < 1.29 is 4.79 Å². The van der Waals surface area contributed by atoms with Crippen molar-refractivity contribution in [2.75, 3.05) is 10.6 Å². The molecule has 144 valence electrons. The minimum atomic E-state index is -0.235. The number of nitrogens with one attached hydrogen (secondary N) is 2. The highest BCUT2D eigenvalue weighted by Gasteiger charge is 2.14. The third kappa shape index (κ3) is 4.74. The Kier molecular flexibility index (Phi) is 5.45. The lowest BCUT2D eigenvalue weighted by atomic mass is 9.87. The zero-order chi connectivity index (χ0) is 20.3. The van der Waals surface area contributed by atoms with E-state index in [-0.39, 0.29) is 11.3 Å². The second kappa shape index (κ2) is 7.80. The molecular weight excluding hydrogens is 348 g/mol. The summed E-state index contributed by atoms with van der Waals surface area (Å²) in [4.78, 5) is 20.9. The molecule has 1 heterocycles. The molecule has 1 aromatic heterocycles. The molecule has 28 heavy (non-hydrogen) atoms. The fraction of sp³-hybridized carbons (Fsp3) is 0.261. The Morgan fingerprint density at radius 1 is 0.857 bits per heavy atom. The van der Waals surface area contributed by atoms with Crippen LogP contribution in [-0.4, -0.2) is 15.9 Å². The van der Waals surface area contributed by atoms with Gasteiger partial charge in [-0.3, -0.25) is 4.79 Å². The van der Waals surface area contributed by atoms with Crippen LogP contribution in [0.3, 0.4) is 0 Å². The van der Waals surface area contributed by atoms with E-state index in [1.807, 2.05) is 42.5 Å². The van der Waals surface area contributed by atoms with Gasteiger partial charge in [0.2, 0.25) is 5.95 Å². The van der Waals surface area contributed by atoms with Gasteiger partial charge in [-0.15, -0.1) is 0 Å². The van der Waals surface area contributed by atoms with Gasteiger partial charge < -0.3 is 10.6 Å². The van der Waals surface area contributed by atoms with Crippen LogP contribution in [0.15, 0.2) is 54.9 Å². The van der Waals surface area contributed by atoms with Gasteiger partial charge in [0.25, 0.3) is 5.91 Å². The molecule has 0 bridgehead atoms. The van der Waals surface area contributed by atoms with Crippen molar-refractivity contribution in [1.29, 1.82) is 0 Å². The summed E-state index contributed by atoms with van der Waals surface area (Å²) < 4.78 is 0. The molecule has 3 rings (SSSR count). The number of hydrogen-bond donors (Lipinski definition) is 2. The number of carbonyl (C=O) groups excluding carboxylic acids is 1. The molecule has 1 amide bonds. The van der Waals surface area contributed by atoms with E-state index in [0.29, 0.717) is 11.5 Å². The maximum absolute atomic E-state index is 12.4. The average Bonchev–Trinajstić information content (AvgIpc) is 2.65. The highest BCUT2D eigenvalue weighted by Crippen LogP contribution is 2.23. The van der Waals surface area contributed by atoms with Gasteiger partial charge in [0.05, 0.1) is 5.56 Å². The van der Waals surface area contributed by atoms with Crippen LogP contribution in [-0.2, 0) is 5.41 Å². The normalized spacial score (nSPS) is 11.2. The maximum Gasteiger partial charge on any atom is 0.258 e. The molecule has 0 spiro atoms. The molecule has 2 aromatic carbocycles. The van der Waals surface area contributed by atoms with Gasteiger partial charge in [-0.1, -0.05) is 39.0 Å². The van der Waals surface area contributed by atoms with Gasteiger partial charge in [0, 0.05) is 23.8 Å². The van der Waals surface area contributed by atoms with Crippen LogP contribution in [0.2, 0.25) is 0 Å². The molecule has 0 saturated heterocycles. The summed E-state index contributed by atoms with van der Waals surface area (Å²) in [6.45, 7) is 10.6. The van der Waals surface area contributed by atoms with Gasteiger partial charge in [-0.05, 0) is 60.2 Å². The molecule has 0 fully saturated rings. The van der Waals surface area contributed by atoms with Crippen LogP contribution in [0.25, 0.3) is 0 Å². The van der Waals surface area contributed by atoms with E-state index >= 15 is 0 Å². The lowest BCUT2D eigenvalue weighted by Gasteiger charge is -2.19. The fourth-order valence-corrected chi connectivity index (χ4v) is 2.71. The molecule has 0 aliphatic carbocycles. The quantitative estimate of drug-likeness (QED) is 0.643. The first-order valence-corrected chi connectivity index (χ1v) is 9.30. The average molecular weight is 374 g/mol. The van der Waals surface area contributed by atoms with Crippen molar-refractivity contribution in [3.63, 3.8) is 0 Å². The Bertz CT molecular complexity index is 971. The van der Waals surface area contributed by atoms with Gasteiger partial charge in [-0.2, -0.15) is 0 Å². The predicted octanol–water partition coefficient (Wildman–Crippen LogP) is 5.39. The molecule has 2 N–H and O–H groups in total. The number of rotatable bonds is 4. The minimum Gasteiger partial charge on any atom is -0.324 e. The Labute approximate surface area is 166 Å². The SMILES string of the molecule is Cc1ccc(Nc2ncc(C(=O)Nc3ccc(C(C)(C)C)cc3)cn2)cc1C. The number of benzene rings is 2. The van der Waals surface area contributed by atoms with Gasteiger partial charge >= 0.3 is 0 Å². The summed E-state index contributed by atoms with van der Waals surface area (Å²) >= 11 is 0. The number of nitrogens with zero attached hydrogens (tertiary/aromatic N) is 2. The maximum atomic E-state index is 12.4. The summed E-state index contributed by atoms with van der Waals surface area (Å²) in [5.41, 5.74) is 5.79. The van der Waals surface area contributed by atoms with Crippen LogP contribution in [0.5, 0.6) is 0 Å². The third-order valence-corrected chi connectivity index (χ3v) is 4.69. The summed E-state index contributed by atoms with van der Waals surface area (Å²) in [5, 5.41) is 6.03. The van der Waals surface area contributed by atoms with E-state index in [1.54, 1.807) is 0 Å². The van der Waals surface area contributed by atoms with Crippen molar-refractivity contribution >= 4 is 23.2 Å². The molecule has 0 radical (unpaired) electrons. The van der Waals surface area contributed by atoms with Crippen molar-refractivity contribution in [1.82, 2.24) is 9.97 Å². The molecule has 5 nitrogen and oxygen atoms in total. The van der Waals surface area contributed by atoms with E-state index in [2.05, 4.69) is 55.2 Å². The molecular formula is C23H26N4O. The van der Waals surface area contributed by atoms with Crippen molar-refractivity contribution in [2.24, 2.45) is 0 Å². The van der Waals surface area contributed by atoms with Crippen molar-refractivity contribution in [3.05, 3.63) is 77.1 Å². The number of aryl methyl sites for hydroxylation is 2. The highest BCUT2D eigenvalue weighted by molar-refractivity contribution is 6.03. The number of hydrogen-bond acceptors (Lipinski definition) is 4. The Hall–Kier alpha value is -3.21. The highest BCUT2D eigenvalue weighted by atomic mass is 16.1. The molecule has 0 atom stereocenters. The second-order valence-electron chi connectivity index (χ2n) is 8.00. The van der Waals surface area contributed by atoms with Crippen LogP contribution < -0.4 is 10.6 Å². The van der Waals surface area contributed by atoms with Gasteiger partial charge in [0.1, 0.15) is 0 Å². The zero-order valence-electron chi connectivity index (χ0n) is 17.0. The first kappa shape index (κ1) is 19.5. The van der Waals surface area contributed by atoms with Gasteiger partial charge in [0.15, 0.2) is 0 Å². The van der Waals surface area contributed by atoms with E-state index in [9.17, 15) is 4.79 Å². The van der Waals surface area contributed by atoms with Crippen LogP contribution >= 0.6 is 0 Å². The summed E-state index contributed by atoms with van der Waals surface area (Å²) in [5.74, 6) is 0.218. The first-order valence-electron chi connectivity index (χ1n) is 9.30. The number of anilines is 3. The molecule has 0 unspecified atom stereocenters. The van der Waals surface area contributed by atoms with E-state index in [0.717, 1.165) is 11.4 Å². The number of amides is 1. The molecule has 0 aliphatic rings. The Balaban J connectivity index is 1.65. The minimum absolute atomic E-state index is 0.0786. The first-order chi connectivity index (χ1) is 13.2. The molecule has 0 saturated carbocycles. The zero-order valence-corrected chi connectivity index (χ0v) is 17.0.